The fourth-order valence-corrected chi connectivity index (χ4v) is 1.97. The van der Waals surface area contributed by atoms with Gasteiger partial charge in [-0.3, -0.25) is 14.9 Å². The molecule has 0 aliphatic carbocycles. The molecule has 0 radical (unpaired) electrons. The predicted molar refractivity (Wildman–Crippen MR) is 75.7 cm³/mol. The van der Waals surface area contributed by atoms with Gasteiger partial charge in [0.1, 0.15) is 10.8 Å². The first-order valence-corrected chi connectivity index (χ1v) is 6.32. The van der Waals surface area contributed by atoms with Crippen molar-refractivity contribution in [2.75, 3.05) is 0 Å². The number of nitrogens with zero attached hydrogens (tertiary/aromatic N) is 1. The minimum atomic E-state index is -0.636. The lowest BCUT2D eigenvalue weighted by Crippen LogP contribution is -2.23. The molecular formula is C14H10ClFN2O3. The zero-order valence-electron chi connectivity index (χ0n) is 10.7. The summed E-state index contributed by atoms with van der Waals surface area (Å²) in [4.78, 5) is 21.9. The molecule has 0 aromatic heterocycles. The Bertz CT molecular complexity index is 706. The van der Waals surface area contributed by atoms with E-state index in [0.29, 0.717) is 5.56 Å². The van der Waals surface area contributed by atoms with Crippen molar-refractivity contribution in [3.63, 3.8) is 0 Å². The van der Waals surface area contributed by atoms with Gasteiger partial charge in [-0.15, -0.1) is 0 Å². The Balaban J connectivity index is 2.09. The minimum absolute atomic E-state index is 0.0140. The second-order valence-electron chi connectivity index (χ2n) is 4.20. The maximum absolute atomic E-state index is 13.4. The molecule has 1 N–H and O–H groups in total. The second kappa shape index (κ2) is 6.32. The molecule has 5 nitrogen and oxygen atoms in total. The highest BCUT2D eigenvalue weighted by molar-refractivity contribution is 6.33. The first kappa shape index (κ1) is 14.9. The molecule has 0 heterocycles. The number of benzene rings is 2. The maximum atomic E-state index is 13.4. The molecule has 7 heteroatoms. The molecule has 2 rings (SSSR count). The van der Waals surface area contributed by atoms with Crippen LogP contribution in [0, 0.1) is 15.9 Å². The highest BCUT2D eigenvalue weighted by atomic mass is 35.5. The number of hydrogen-bond acceptors (Lipinski definition) is 3. The standard InChI is InChI=1S/C14H10ClFN2O3/c15-11-7-9(5-6-13(11)18(20)21)14(19)17-8-10-3-1-2-4-12(10)16/h1-7H,8H2,(H,17,19). The average Bonchev–Trinajstić information content (AvgIpc) is 2.45. The van der Waals surface area contributed by atoms with Crippen molar-refractivity contribution < 1.29 is 14.1 Å². The van der Waals surface area contributed by atoms with Crippen LogP contribution in [0.5, 0.6) is 0 Å². The predicted octanol–water partition coefficient (Wildman–Crippen LogP) is 3.32. The van der Waals surface area contributed by atoms with Crippen LogP contribution in [0.25, 0.3) is 0 Å². The Labute approximate surface area is 124 Å². The van der Waals surface area contributed by atoms with E-state index in [9.17, 15) is 19.3 Å². The van der Waals surface area contributed by atoms with Gasteiger partial charge in [0.05, 0.1) is 4.92 Å². The highest BCUT2D eigenvalue weighted by Gasteiger charge is 2.15. The molecule has 108 valence electrons. The summed E-state index contributed by atoms with van der Waals surface area (Å²) in [5, 5.41) is 13.0. The third kappa shape index (κ3) is 3.55. The Hall–Kier alpha value is -2.47. The third-order valence-electron chi connectivity index (χ3n) is 2.80. The Kier molecular flexibility index (Phi) is 4.49. The van der Waals surface area contributed by atoms with Gasteiger partial charge in [-0.05, 0) is 18.2 Å². The molecule has 0 aliphatic heterocycles. The van der Waals surface area contributed by atoms with Gasteiger partial charge in [0.25, 0.3) is 11.6 Å². The van der Waals surface area contributed by atoms with Gasteiger partial charge in [-0.25, -0.2) is 4.39 Å². The van der Waals surface area contributed by atoms with E-state index in [1.807, 2.05) is 0 Å². The zero-order chi connectivity index (χ0) is 15.4. The molecule has 0 saturated carbocycles. The summed E-state index contributed by atoms with van der Waals surface area (Å²) < 4.78 is 13.4. The molecule has 2 aromatic rings. The largest absolute Gasteiger partial charge is 0.348 e. The van der Waals surface area contributed by atoms with E-state index in [2.05, 4.69) is 5.32 Å². The van der Waals surface area contributed by atoms with Crippen molar-refractivity contribution in [3.8, 4) is 0 Å². The van der Waals surface area contributed by atoms with E-state index in [0.717, 1.165) is 6.07 Å². The van der Waals surface area contributed by atoms with Crippen LogP contribution in [0.2, 0.25) is 5.02 Å². The molecule has 0 atom stereocenters. The van der Waals surface area contributed by atoms with Gasteiger partial charge in [-0.1, -0.05) is 29.8 Å². The Morgan fingerprint density at radius 2 is 2.00 bits per heavy atom. The number of carbonyl (C=O) groups is 1. The fourth-order valence-electron chi connectivity index (χ4n) is 1.72. The quantitative estimate of drug-likeness (QED) is 0.695. The first-order chi connectivity index (χ1) is 9.99. The van der Waals surface area contributed by atoms with Crippen LogP contribution >= 0.6 is 11.6 Å². The first-order valence-electron chi connectivity index (χ1n) is 5.94. The number of nitro benzene ring substituents is 1. The molecule has 0 spiro atoms. The van der Waals surface area contributed by atoms with E-state index in [1.54, 1.807) is 18.2 Å². The van der Waals surface area contributed by atoms with E-state index in [4.69, 9.17) is 11.6 Å². The van der Waals surface area contributed by atoms with Crippen LogP contribution in [0.1, 0.15) is 15.9 Å². The number of nitrogens with one attached hydrogen (secondary N) is 1. The monoisotopic (exact) mass is 308 g/mol. The van der Waals surface area contributed by atoms with Gasteiger partial charge < -0.3 is 5.32 Å². The van der Waals surface area contributed by atoms with Crippen LogP contribution in [0.15, 0.2) is 42.5 Å². The van der Waals surface area contributed by atoms with Crippen molar-refractivity contribution in [3.05, 3.63) is 74.5 Å². The zero-order valence-corrected chi connectivity index (χ0v) is 11.4. The summed E-state index contributed by atoms with van der Waals surface area (Å²) in [6.45, 7) is 0.0140. The number of rotatable bonds is 4. The smallest absolute Gasteiger partial charge is 0.287 e. The molecule has 1 amide bonds. The summed E-state index contributed by atoms with van der Waals surface area (Å²) in [7, 11) is 0. The van der Waals surface area contributed by atoms with Crippen molar-refractivity contribution in [2.24, 2.45) is 0 Å². The van der Waals surface area contributed by atoms with E-state index >= 15 is 0 Å². The van der Waals surface area contributed by atoms with Gasteiger partial charge in [-0.2, -0.15) is 0 Å². The summed E-state index contributed by atoms with van der Waals surface area (Å²) in [5.74, 6) is -0.908. The Morgan fingerprint density at radius 1 is 1.29 bits per heavy atom. The molecular weight excluding hydrogens is 299 g/mol. The van der Waals surface area contributed by atoms with Crippen molar-refractivity contribution >= 4 is 23.2 Å². The molecule has 0 aliphatic rings. The molecule has 0 unspecified atom stereocenters. The lowest BCUT2D eigenvalue weighted by molar-refractivity contribution is -0.384. The SMILES string of the molecule is O=C(NCc1ccccc1F)c1ccc([N+](=O)[O-])c(Cl)c1. The molecule has 0 fully saturated rings. The average molecular weight is 309 g/mol. The lowest BCUT2D eigenvalue weighted by atomic mass is 10.1. The van der Waals surface area contributed by atoms with Crippen LogP contribution in [0.3, 0.4) is 0 Å². The van der Waals surface area contributed by atoms with Crippen molar-refractivity contribution in [1.82, 2.24) is 5.32 Å². The van der Waals surface area contributed by atoms with Crippen molar-refractivity contribution in [2.45, 2.75) is 6.54 Å². The van der Waals surface area contributed by atoms with Gasteiger partial charge in [0, 0.05) is 23.7 Å². The summed E-state index contributed by atoms with van der Waals surface area (Å²) in [5.41, 5.74) is 0.239. The number of carbonyl (C=O) groups excluding carboxylic acids is 1. The van der Waals surface area contributed by atoms with E-state index in [-0.39, 0.29) is 22.8 Å². The summed E-state index contributed by atoms with van der Waals surface area (Å²) in [6.07, 6.45) is 0. The van der Waals surface area contributed by atoms with Gasteiger partial charge in [0.15, 0.2) is 0 Å². The highest BCUT2D eigenvalue weighted by Crippen LogP contribution is 2.24. The second-order valence-corrected chi connectivity index (χ2v) is 4.60. The number of hydrogen-bond donors (Lipinski definition) is 1. The van der Waals surface area contributed by atoms with Crippen LogP contribution < -0.4 is 5.32 Å². The molecule has 21 heavy (non-hydrogen) atoms. The maximum Gasteiger partial charge on any atom is 0.287 e. The Morgan fingerprint density at radius 3 is 2.62 bits per heavy atom. The van der Waals surface area contributed by atoms with Gasteiger partial charge in [0.2, 0.25) is 0 Å². The summed E-state index contributed by atoms with van der Waals surface area (Å²) >= 11 is 5.73. The number of halogens is 2. The molecule has 0 saturated heterocycles. The molecule has 2 aromatic carbocycles. The van der Waals surface area contributed by atoms with Crippen molar-refractivity contribution in [1.29, 1.82) is 0 Å². The number of nitro groups is 1. The van der Waals surface area contributed by atoms with Gasteiger partial charge >= 0.3 is 0 Å². The normalized spacial score (nSPS) is 10.2. The number of amides is 1. The minimum Gasteiger partial charge on any atom is -0.348 e. The lowest BCUT2D eigenvalue weighted by Gasteiger charge is -2.06. The van der Waals surface area contributed by atoms with Crippen LogP contribution in [0.4, 0.5) is 10.1 Å². The van der Waals surface area contributed by atoms with Crippen LogP contribution in [-0.2, 0) is 6.54 Å². The van der Waals surface area contributed by atoms with E-state index in [1.165, 1.54) is 18.2 Å². The topological polar surface area (TPSA) is 72.2 Å². The summed E-state index contributed by atoms with van der Waals surface area (Å²) in [6, 6.07) is 9.71. The molecule has 0 bridgehead atoms. The third-order valence-corrected chi connectivity index (χ3v) is 3.11. The van der Waals surface area contributed by atoms with Crippen LogP contribution in [-0.4, -0.2) is 10.8 Å². The van der Waals surface area contributed by atoms with E-state index < -0.39 is 16.6 Å². The fraction of sp³-hybridized carbons (Fsp3) is 0.0714.